The number of nitro benzene ring substituents is 1. The molecular formula is C25H25BrFN8O3P. The monoisotopic (exact) mass is 614 g/mol. The van der Waals surface area contributed by atoms with Crippen molar-refractivity contribution >= 4 is 51.6 Å². The highest BCUT2D eigenvalue weighted by Gasteiger charge is 2.46. The fraction of sp³-hybridized carbons (Fsp3) is 0.320. The topological polar surface area (TPSA) is 125 Å². The number of morpholine rings is 1. The van der Waals surface area contributed by atoms with Crippen molar-refractivity contribution in [1.29, 1.82) is 5.26 Å². The van der Waals surface area contributed by atoms with E-state index in [0.717, 1.165) is 5.30 Å². The first-order valence-electron chi connectivity index (χ1n) is 12.2. The van der Waals surface area contributed by atoms with Crippen molar-refractivity contribution < 1.29 is 14.1 Å². The largest absolute Gasteiger partial charge is 0.379 e. The van der Waals surface area contributed by atoms with E-state index in [1.807, 2.05) is 18.6 Å². The second kappa shape index (κ2) is 11.0. The third-order valence-corrected chi connectivity index (χ3v) is 11.1. The summed E-state index contributed by atoms with van der Waals surface area (Å²) in [5, 5.41) is 26.2. The summed E-state index contributed by atoms with van der Waals surface area (Å²) in [6.07, 6.45) is 0.224. The summed E-state index contributed by atoms with van der Waals surface area (Å²) < 4.78 is 32.6. The molecule has 0 bridgehead atoms. The minimum absolute atomic E-state index is 0.0635. The van der Waals surface area contributed by atoms with Crippen LogP contribution in [0.5, 0.6) is 0 Å². The maximum atomic E-state index is 15.2. The Balaban J connectivity index is 1.86. The average Bonchev–Trinajstić information content (AvgIpc) is 3.25. The lowest BCUT2D eigenvalue weighted by atomic mass is 10.2. The third-order valence-electron chi connectivity index (χ3n) is 6.63. The molecule has 3 aromatic rings. The minimum atomic E-state index is -2.98. The van der Waals surface area contributed by atoms with Gasteiger partial charge in [-0.15, -0.1) is 0 Å². The predicted octanol–water partition coefficient (Wildman–Crippen LogP) is 5.26. The number of rotatable bonds is 6. The van der Waals surface area contributed by atoms with E-state index in [1.54, 1.807) is 28.9 Å². The molecule has 11 nitrogen and oxygen atoms in total. The van der Waals surface area contributed by atoms with Crippen LogP contribution < -0.4 is 5.30 Å². The first kappa shape index (κ1) is 27.1. The Morgan fingerprint density at radius 2 is 2.03 bits per heavy atom. The number of benzene rings is 2. The van der Waals surface area contributed by atoms with Crippen molar-refractivity contribution in [2.45, 2.75) is 19.9 Å². The highest BCUT2D eigenvalue weighted by atomic mass is 79.9. The van der Waals surface area contributed by atoms with E-state index in [0.29, 0.717) is 65.9 Å². The fourth-order valence-electron chi connectivity index (χ4n) is 4.85. The Bertz CT molecular complexity index is 1580. The second-order valence-electron chi connectivity index (χ2n) is 8.95. The SMILES string of the molecule is Cc1nn(CCC#N)c2c1P(=Nc1ccc([N+](=O)[O-])cc1Br)(N1CCOCC1)N(C)C(c1ccccc1F)=N2. The van der Waals surface area contributed by atoms with Crippen LogP contribution in [0.25, 0.3) is 0 Å². The van der Waals surface area contributed by atoms with Gasteiger partial charge in [-0.05, 0) is 41.1 Å². The van der Waals surface area contributed by atoms with Crippen molar-refractivity contribution in [2.24, 2.45) is 9.74 Å². The van der Waals surface area contributed by atoms with Gasteiger partial charge in [-0.25, -0.2) is 23.5 Å². The number of hydrogen-bond donors (Lipinski definition) is 0. The van der Waals surface area contributed by atoms with Gasteiger partial charge in [0.25, 0.3) is 5.69 Å². The van der Waals surface area contributed by atoms with Crippen molar-refractivity contribution in [3.63, 3.8) is 0 Å². The van der Waals surface area contributed by atoms with Gasteiger partial charge >= 0.3 is 0 Å². The summed E-state index contributed by atoms with van der Waals surface area (Å²) in [5.74, 6) is 0.490. The molecule has 0 spiro atoms. The molecule has 1 saturated heterocycles. The highest BCUT2D eigenvalue weighted by molar-refractivity contribution is 9.10. The Hall–Kier alpha value is -3.43. The lowest BCUT2D eigenvalue weighted by molar-refractivity contribution is -0.384. The van der Waals surface area contributed by atoms with E-state index in [4.69, 9.17) is 19.6 Å². The van der Waals surface area contributed by atoms with E-state index in [1.165, 1.54) is 18.2 Å². The van der Waals surface area contributed by atoms with Gasteiger partial charge in [0.15, 0.2) is 13.2 Å². The maximum Gasteiger partial charge on any atom is 0.270 e. The summed E-state index contributed by atoms with van der Waals surface area (Å²) in [4.78, 5) is 15.9. The van der Waals surface area contributed by atoms with Crippen LogP contribution in [0.15, 0.2) is 56.7 Å². The van der Waals surface area contributed by atoms with Crippen molar-refractivity contribution in [3.05, 3.63) is 74.1 Å². The summed E-state index contributed by atoms with van der Waals surface area (Å²) in [7, 11) is -1.12. The molecule has 39 heavy (non-hydrogen) atoms. The van der Waals surface area contributed by atoms with Crippen LogP contribution in [0.1, 0.15) is 17.7 Å². The number of halogens is 2. The number of aliphatic imine (C=N–C) groups is 1. The molecule has 0 radical (unpaired) electrons. The van der Waals surface area contributed by atoms with Crippen LogP contribution in [0.3, 0.4) is 0 Å². The van der Waals surface area contributed by atoms with Crippen LogP contribution in [0.4, 0.5) is 21.6 Å². The molecule has 0 amide bonds. The van der Waals surface area contributed by atoms with Gasteiger partial charge in [0, 0.05) is 32.3 Å². The van der Waals surface area contributed by atoms with Gasteiger partial charge in [0.1, 0.15) is 11.7 Å². The van der Waals surface area contributed by atoms with Gasteiger partial charge in [-0.3, -0.25) is 10.1 Å². The molecule has 2 aromatic carbocycles. The molecule has 1 aromatic heterocycles. The molecule has 3 heterocycles. The zero-order valence-corrected chi connectivity index (χ0v) is 23.8. The molecule has 0 saturated carbocycles. The number of nitriles is 1. The van der Waals surface area contributed by atoms with Crippen LogP contribution in [-0.2, 0) is 11.3 Å². The van der Waals surface area contributed by atoms with Crippen LogP contribution >= 0.6 is 23.3 Å². The molecular weight excluding hydrogens is 590 g/mol. The average molecular weight is 615 g/mol. The Morgan fingerprint density at radius 3 is 2.69 bits per heavy atom. The van der Waals surface area contributed by atoms with E-state index in [9.17, 15) is 15.4 Å². The first-order valence-corrected chi connectivity index (χ1v) is 14.6. The smallest absolute Gasteiger partial charge is 0.270 e. The normalized spacial score (nSPS) is 19.3. The van der Waals surface area contributed by atoms with Gasteiger partial charge in [-0.2, -0.15) is 10.4 Å². The van der Waals surface area contributed by atoms with Gasteiger partial charge in [0.05, 0.1) is 63.9 Å². The van der Waals surface area contributed by atoms with Crippen molar-refractivity contribution in [3.8, 4) is 6.07 Å². The number of ether oxygens (including phenoxy) is 1. The zero-order valence-electron chi connectivity index (χ0n) is 21.3. The number of nitro groups is 1. The summed E-state index contributed by atoms with van der Waals surface area (Å²) in [5.41, 5.74) is 1.46. The molecule has 2 aliphatic heterocycles. The minimum Gasteiger partial charge on any atom is -0.379 e. The Labute approximate surface area is 232 Å². The predicted molar refractivity (Wildman–Crippen MR) is 149 cm³/mol. The van der Waals surface area contributed by atoms with Gasteiger partial charge < -0.3 is 9.41 Å². The number of hydrogen-bond acceptors (Lipinski definition) is 7. The standard InChI is InChI=1S/C25H25BrFN8O3P/c1-17-23-25(34(30-17)11-5-10-28)29-24(19-6-3-4-7-21(19)27)32(2)39(23,33-12-14-38-15-13-33)31-22-9-8-18(35(36)37)16-20(22)26/h3-4,6-9,16H,5,11-15H2,1-2H3. The van der Waals surface area contributed by atoms with Gasteiger partial charge in [-0.1, -0.05) is 12.1 Å². The summed E-state index contributed by atoms with van der Waals surface area (Å²) >= 11 is 3.49. The molecule has 1 fully saturated rings. The van der Waals surface area contributed by atoms with Crippen molar-refractivity contribution in [1.82, 2.24) is 19.1 Å². The highest BCUT2D eigenvalue weighted by Crippen LogP contribution is 2.62. The molecule has 2 aliphatic rings. The van der Waals surface area contributed by atoms with E-state index >= 15 is 4.39 Å². The van der Waals surface area contributed by atoms with Crippen LogP contribution in [0, 0.1) is 34.2 Å². The lowest BCUT2D eigenvalue weighted by Crippen LogP contribution is -2.45. The van der Waals surface area contributed by atoms with E-state index in [-0.39, 0.29) is 12.1 Å². The van der Waals surface area contributed by atoms with Gasteiger partial charge in [0.2, 0.25) is 0 Å². The molecule has 1 atom stereocenters. The number of aryl methyl sites for hydroxylation is 2. The number of aromatic nitrogens is 2. The first-order chi connectivity index (χ1) is 18.8. The third kappa shape index (κ3) is 4.78. The summed E-state index contributed by atoms with van der Waals surface area (Å²) in [6, 6.07) is 13.0. The number of amidine groups is 1. The molecule has 0 aliphatic carbocycles. The van der Waals surface area contributed by atoms with Crippen LogP contribution in [0.2, 0.25) is 0 Å². The lowest BCUT2D eigenvalue weighted by Gasteiger charge is -2.46. The maximum absolute atomic E-state index is 15.2. The molecule has 1 unspecified atom stereocenters. The summed E-state index contributed by atoms with van der Waals surface area (Å²) in [6.45, 7) is 4.27. The van der Waals surface area contributed by atoms with E-state index in [2.05, 4.69) is 26.7 Å². The quantitative estimate of drug-likeness (QED) is 0.211. The molecule has 0 N–H and O–H groups in total. The Morgan fingerprint density at radius 1 is 1.28 bits per heavy atom. The number of fused-ring (bicyclic) bond motifs is 1. The number of nitrogens with zero attached hydrogens (tertiary/aromatic N) is 8. The second-order valence-corrected chi connectivity index (χ2v) is 12.8. The Kier molecular flexibility index (Phi) is 7.64. The van der Waals surface area contributed by atoms with Crippen LogP contribution in [-0.4, -0.2) is 63.2 Å². The number of non-ortho nitro benzene ring substituents is 1. The van der Waals surface area contributed by atoms with E-state index < -0.39 is 18.1 Å². The molecule has 202 valence electrons. The van der Waals surface area contributed by atoms with Crippen molar-refractivity contribution in [2.75, 3.05) is 33.4 Å². The molecule has 5 rings (SSSR count). The molecule has 14 heteroatoms. The fourth-order valence-corrected chi connectivity index (χ4v) is 9.29. The zero-order chi connectivity index (χ0) is 27.7.